The summed E-state index contributed by atoms with van der Waals surface area (Å²) in [6.07, 6.45) is 1.46. The molecule has 0 saturated heterocycles. The minimum Gasteiger partial charge on any atom is -0.461 e. The highest BCUT2D eigenvalue weighted by atomic mass is 16.5. The molecule has 2 aromatic rings. The second-order valence-electron chi connectivity index (χ2n) is 6.26. The summed E-state index contributed by atoms with van der Waals surface area (Å²) in [7, 11) is 1.82. The van der Waals surface area contributed by atoms with Gasteiger partial charge in [0.05, 0.1) is 13.2 Å². The Labute approximate surface area is 152 Å². The van der Waals surface area contributed by atoms with Gasteiger partial charge >= 0.3 is 12.0 Å². The number of hydrogen-bond donors (Lipinski definition) is 1. The Bertz CT molecular complexity index is 786. The molecule has 1 aromatic heterocycles. The lowest BCUT2D eigenvalue weighted by Gasteiger charge is -2.27. The fourth-order valence-corrected chi connectivity index (χ4v) is 3.20. The maximum absolute atomic E-state index is 12.5. The summed E-state index contributed by atoms with van der Waals surface area (Å²) < 4.78 is 6.80. The van der Waals surface area contributed by atoms with E-state index < -0.39 is 5.97 Å². The Morgan fingerprint density at radius 1 is 1.27 bits per heavy atom. The van der Waals surface area contributed by atoms with Crippen LogP contribution in [0.1, 0.15) is 34.2 Å². The van der Waals surface area contributed by atoms with Gasteiger partial charge in [0.25, 0.3) is 0 Å². The standard InChI is InChI=1S/C19H24N4O3/c1-3-26-18(24)17-15-13-23(12-10-16(15)22(2)21-17)19(25)20-11-9-14-7-5-4-6-8-14/h4-8H,3,9-13H2,1-2H3,(H,20,25). The maximum Gasteiger partial charge on any atom is 0.359 e. The van der Waals surface area contributed by atoms with Gasteiger partial charge < -0.3 is 15.0 Å². The van der Waals surface area contributed by atoms with E-state index >= 15 is 0 Å². The number of aryl methyl sites for hydroxylation is 1. The maximum atomic E-state index is 12.5. The van der Waals surface area contributed by atoms with Crippen LogP contribution in [0.4, 0.5) is 4.79 Å². The van der Waals surface area contributed by atoms with Crippen LogP contribution in [0.3, 0.4) is 0 Å². The number of nitrogens with one attached hydrogen (secondary N) is 1. The molecule has 1 aliphatic heterocycles. The Morgan fingerprint density at radius 2 is 2.04 bits per heavy atom. The first kappa shape index (κ1) is 18.0. The van der Waals surface area contributed by atoms with Crippen molar-refractivity contribution in [3.05, 3.63) is 52.8 Å². The van der Waals surface area contributed by atoms with Crippen molar-refractivity contribution >= 4 is 12.0 Å². The Morgan fingerprint density at radius 3 is 2.77 bits per heavy atom. The summed E-state index contributed by atoms with van der Waals surface area (Å²) >= 11 is 0. The molecule has 1 aliphatic rings. The second kappa shape index (κ2) is 8.03. The summed E-state index contributed by atoms with van der Waals surface area (Å²) in [6, 6.07) is 9.92. The molecule has 2 heterocycles. The number of amides is 2. The lowest BCUT2D eigenvalue weighted by molar-refractivity contribution is 0.0516. The lowest BCUT2D eigenvalue weighted by atomic mass is 10.1. The molecule has 0 unspecified atom stereocenters. The van der Waals surface area contributed by atoms with E-state index in [2.05, 4.69) is 10.4 Å². The largest absolute Gasteiger partial charge is 0.461 e. The third-order valence-corrected chi connectivity index (χ3v) is 4.53. The summed E-state index contributed by atoms with van der Waals surface area (Å²) in [5.74, 6) is -0.435. The fourth-order valence-electron chi connectivity index (χ4n) is 3.20. The third kappa shape index (κ3) is 3.87. The van der Waals surface area contributed by atoms with Crippen LogP contribution < -0.4 is 5.32 Å². The number of fused-ring (bicyclic) bond motifs is 1. The number of urea groups is 1. The first-order chi connectivity index (χ1) is 12.6. The molecule has 0 radical (unpaired) electrons. The number of benzene rings is 1. The molecule has 138 valence electrons. The van der Waals surface area contributed by atoms with Crippen LogP contribution in [-0.2, 0) is 31.2 Å². The first-order valence-corrected chi connectivity index (χ1v) is 8.88. The molecule has 0 atom stereocenters. The van der Waals surface area contributed by atoms with Crippen LogP contribution in [-0.4, -0.2) is 46.4 Å². The summed E-state index contributed by atoms with van der Waals surface area (Å²) in [6.45, 7) is 3.61. The molecule has 0 saturated carbocycles. The predicted molar refractivity (Wildman–Crippen MR) is 96.8 cm³/mol. The van der Waals surface area contributed by atoms with Crippen molar-refractivity contribution < 1.29 is 14.3 Å². The minimum atomic E-state index is -0.435. The minimum absolute atomic E-state index is 0.120. The van der Waals surface area contributed by atoms with Crippen LogP contribution in [0.2, 0.25) is 0 Å². The number of rotatable bonds is 5. The van der Waals surface area contributed by atoms with E-state index in [0.717, 1.165) is 17.7 Å². The third-order valence-electron chi connectivity index (χ3n) is 4.53. The number of aromatic nitrogens is 2. The van der Waals surface area contributed by atoms with E-state index in [1.165, 1.54) is 5.56 Å². The molecule has 7 nitrogen and oxygen atoms in total. The number of carbonyl (C=O) groups excluding carboxylic acids is 2. The van der Waals surface area contributed by atoms with E-state index in [9.17, 15) is 9.59 Å². The van der Waals surface area contributed by atoms with Gasteiger partial charge in [0.2, 0.25) is 0 Å². The normalized spacial score (nSPS) is 13.2. The molecule has 3 rings (SSSR count). The van der Waals surface area contributed by atoms with Gasteiger partial charge in [0, 0.05) is 37.8 Å². The van der Waals surface area contributed by atoms with E-state index in [1.807, 2.05) is 37.4 Å². The van der Waals surface area contributed by atoms with Gasteiger partial charge in [-0.15, -0.1) is 0 Å². The van der Waals surface area contributed by atoms with Gasteiger partial charge in [-0.05, 0) is 18.9 Å². The average molecular weight is 356 g/mol. The molecule has 0 aliphatic carbocycles. The number of ether oxygens (including phenoxy) is 1. The van der Waals surface area contributed by atoms with Crippen LogP contribution in [0, 0.1) is 0 Å². The van der Waals surface area contributed by atoms with E-state index in [0.29, 0.717) is 38.4 Å². The molecule has 2 amide bonds. The Balaban J connectivity index is 1.62. The van der Waals surface area contributed by atoms with E-state index in [4.69, 9.17) is 4.74 Å². The number of hydrogen-bond acceptors (Lipinski definition) is 4. The SMILES string of the molecule is CCOC(=O)c1nn(C)c2c1CN(C(=O)NCCc1ccccc1)CC2. The number of carbonyl (C=O) groups is 2. The first-order valence-electron chi connectivity index (χ1n) is 8.88. The van der Waals surface area contributed by atoms with Gasteiger partial charge in [-0.2, -0.15) is 5.10 Å². The summed E-state index contributed by atoms with van der Waals surface area (Å²) in [4.78, 5) is 26.3. The summed E-state index contributed by atoms with van der Waals surface area (Å²) in [5.41, 5.74) is 3.27. The molecule has 0 spiro atoms. The van der Waals surface area contributed by atoms with Gasteiger partial charge in [-0.25, -0.2) is 9.59 Å². The average Bonchev–Trinajstić information content (AvgIpc) is 2.99. The monoisotopic (exact) mass is 356 g/mol. The van der Waals surface area contributed by atoms with Crippen LogP contribution in [0.25, 0.3) is 0 Å². The molecule has 26 heavy (non-hydrogen) atoms. The van der Waals surface area contributed by atoms with Crippen molar-refractivity contribution in [2.75, 3.05) is 19.7 Å². The highest BCUT2D eigenvalue weighted by Crippen LogP contribution is 2.22. The second-order valence-corrected chi connectivity index (χ2v) is 6.26. The van der Waals surface area contributed by atoms with Gasteiger partial charge in [0.1, 0.15) is 0 Å². The molecule has 0 fully saturated rings. The van der Waals surface area contributed by atoms with Crippen molar-refractivity contribution in [2.45, 2.75) is 26.3 Å². The number of esters is 1. The van der Waals surface area contributed by atoms with E-state index in [1.54, 1.807) is 16.5 Å². The quantitative estimate of drug-likeness (QED) is 0.830. The van der Waals surface area contributed by atoms with Crippen LogP contribution in [0.15, 0.2) is 30.3 Å². The zero-order valence-electron chi connectivity index (χ0n) is 15.2. The van der Waals surface area contributed by atoms with Gasteiger partial charge in [0.15, 0.2) is 5.69 Å². The molecular weight excluding hydrogens is 332 g/mol. The predicted octanol–water partition coefficient (Wildman–Crippen LogP) is 1.91. The summed E-state index contributed by atoms with van der Waals surface area (Å²) in [5, 5.41) is 7.25. The topological polar surface area (TPSA) is 76.5 Å². The molecule has 1 aromatic carbocycles. The lowest BCUT2D eigenvalue weighted by Crippen LogP contribution is -2.43. The van der Waals surface area contributed by atoms with Gasteiger partial charge in [-0.3, -0.25) is 4.68 Å². The number of nitrogens with zero attached hydrogens (tertiary/aromatic N) is 3. The van der Waals surface area contributed by atoms with Crippen molar-refractivity contribution in [3.8, 4) is 0 Å². The van der Waals surface area contributed by atoms with Crippen LogP contribution in [0.5, 0.6) is 0 Å². The van der Waals surface area contributed by atoms with Crippen LogP contribution >= 0.6 is 0 Å². The van der Waals surface area contributed by atoms with Crippen molar-refractivity contribution in [1.82, 2.24) is 20.0 Å². The zero-order valence-corrected chi connectivity index (χ0v) is 15.2. The van der Waals surface area contributed by atoms with Crippen molar-refractivity contribution in [1.29, 1.82) is 0 Å². The molecule has 1 N–H and O–H groups in total. The van der Waals surface area contributed by atoms with Crippen molar-refractivity contribution in [2.24, 2.45) is 7.05 Å². The Kier molecular flexibility index (Phi) is 5.55. The van der Waals surface area contributed by atoms with Crippen molar-refractivity contribution in [3.63, 3.8) is 0 Å². The Hall–Kier alpha value is -2.83. The fraction of sp³-hybridized carbons (Fsp3) is 0.421. The van der Waals surface area contributed by atoms with E-state index in [-0.39, 0.29) is 6.03 Å². The highest BCUT2D eigenvalue weighted by molar-refractivity contribution is 5.89. The van der Waals surface area contributed by atoms with Gasteiger partial charge in [-0.1, -0.05) is 30.3 Å². The zero-order chi connectivity index (χ0) is 18.5. The smallest absolute Gasteiger partial charge is 0.359 e. The highest BCUT2D eigenvalue weighted by Gasteiger charge is 2.29. The molecular formula is C19H24N4O3. The molecule has 7 heteroatoms. The molecule has 0 bridgehead atoms.